The Hall–Kier alpha value is -1.31. The average molecular weight is 230 g/mol. The van der Waals surface area contributed by atoms with Crippen LogP contribution in [0.15, 0.2) is 30.3 Å². The van der Waals surface area contributed by atoms with Gasteiger partial charge in [0.15, 0.2) is 0 Å². The fraction of sp³-hybridized carbons (Fsp3) is 0.533. The number of hydrogen-bond donors (Lipinski definition) is 1. The van der Waals surface area contributed by atoms with E-state index in [4.69, 9.17) is 0 Å². The van der Waals surface area contributed by atoms with Gasteiger partial charge in [0.25, 0.3) is 0 Å². The van der Waals surface area contributed by atoms with Gasteiger partial charge >= 0.3 is 5.97 Å². The van der Waals surface area contributed by atoms with Gasteiger partial charge in [0.2, 0.25) is 0 Å². The minimum Gasteiger partial charge on any atom is -0.481 e. The molecule has 4 unspecified atom stereocenters. The number of rotatable bonds is 3. The van der Waals surface area contributed by atoms with Crippen LogP contribution >= 0.6 is 0 Å². The molecule has 0 spiro atoms. The third-order valence-corrected chi connectivity index (χ3v) is 4.50. The first kappa shape index (κ1) is 10.8. The molecule has 2 heteroatoms. The smallest absolute Gasteiger partial charge is 0.306 e. The number of benzene rings is 1. The van der Waals surface area contributed by atoms with E-state index >= 15 is 0 Å². The zero-order chi connectivity index (χ0) is 11.8. The molecule has 1 aromatic rings. The average Bonchev–Trinajstić information content (AvgIpc) is 2.99. The molecule has 0 aliphatic heterocycles. The lowest BCUT2D eigenvalue weighted by atomic mass is 9.89. The van der Waals surface area contributed by atoms with E-state index in [-0.39, 0.29) is 5.92 Å². The van der Waals surface area contributed by atoms with E-state index in [1.807, 2.05) is 6.07 Å². The fourth-order valence-electron chi connectivity index (χ4n) is 3.58. The predicted molar refractivity (Wildman–Crippen MR) is 65.8 cm³/mol. The lowest BCUT2D eigenvalue weighted by molar-refractivity contribution is -0.143. The number of aliphatic carboxylic acids is 1. The molecule has 0 heterocycles. The largest absolute Gasteiger partial charge is 0.481 e. The van der Waals surface area contributed by atoms with Crippen LogP contribution in [0.25, 0.3) is 0 Å². The van der Waals surface area contributed by atoms with Crippen molar-refractivity contribution >= 4 is 5.97 Å². The second kappa shape index (κ2) is 4.17. The van der Waals surface area contributed by atoms with E-state index < -0.39 is 5.97 Å². The molecule has 0 radical (unpaired) electrons. The van der Waals surface area contributed by atoms with Gasteiger partial charge in [-0.2, -0.15) is 0 Å². The van der Waals surface area contributed by atoms with Gasteiger partial charge in [-0.25, -0.2) is 0 Å². The van der Waals surface area contributed by atoms with Crippen LogP contribution in [0.4, 0.5) is 0 Å². The van der Waals surface area contributed by atoms with Crippen molar-refractivity contribution in [3.05, 3.63) is 35.9 Å². The molecule has 0 bridgehead atoms. The Morgan fingerprint density at radius 1 is 1.12 bits per heavy atom. The van der Waals surface area contributed by atoms with Gasteiger partial charge in [0.05, 0.1) is 5.92 Å². The van der Waals surface area contributed by atoms with Gasteiger partial charge in [-0.3, -0.25) is 4.79 Å². The molecule has 0 saturated heterocycles. The first-order chi connectivity index (χ1) is 8.27. The minimum absolute atomic E-state index is 0.0753. The third kappa shape index (κ3) is 1.97. The predicted octanol–water partition coefficient (Wildman–Crippen LogP) is 3.29. The Labute approximate surface area is 102 Å². The van der Waals surface area contributed by atoms with Gasteiger partial charge < -0.3 is 5.11 Å². The maximum absolute atomic E-state index is 11.2. The van der Waals surface area contributed by atoms with E-state index in [0.717, 1.165) is 19.3 Å². The highest BCUT2D eigenvalue weighted by molar-refractivity contribution is 5.71. The number of carboxylic acids is 1. The van der Waals surface area contributed by atoms with Crippen molar-refractivity contribution in [2.24, 2.45) is 17.8 Å². The van der Waals surface area contributed by atoms with E-state index in [1.165, 1.54) is 12.0 Å². The van der Waals surface area contributed by atoms with Crippen LogP contribution in [-0.4, -0.2) is 11.1 Å². The molecule has 2 saturated carbocycles. The van der Waals surface area contributed by atoms with Gasteiger partial charge in [-0.1, -0.05) is 36.8 Å². The van der Waals surface area contributed by atoms with Crippen LogP contribution in [0.1, 0.15) is 37.2 Å². The molecule has 1 N–H and O–H groups in total. The van der Waals surface area contributed by atoms with Crippen LogP contribution in [0.2, 0.25) is 0 Å². The Kier molecular flexibility index (Phi) is 2.65. The zero-order valence-corrected chi connectivity index (χ0v) is 9.88. The number of carboxylic acid groups (broad SMARTS) is 1. The van der Waals surface area contributed by atoms with Crippen LogP contribution in [-0.2, 0) is 4.79 Å². The third-order valence-electron chi connectivity index (χ3n) is 4.50. The lowest BCUT2D eigenvalue weighted by Gasteiger charge is -2.15. The summed E-state index contributed by atoms with van der Waals surface area (Å²) >= 11 is 0. The van der Waals surface area contributed by atoms with Crippen molar-refractivity contribution < 1.29 is 9.90 Å². The van der Waals surface area contributed by atoms with Crippen molar-refractivity contribution in [1.29, 1.82) is 0 Å². The second-order valence-electron chi connectivity index (χ2n) is 5.46. The molecule has 1 aromatic carbocycles. The standard InChI is InChI=1S/C15H18O2/c16-15(17)12-8-4-7-11(12)14-9-13(14)10-5-2-1-3-6-10/h1-3,5-6,11-14H,4,7-9H2,(H,16,17). The first-order valence-corrected chi connectivity index (χ1v) is 6.55. The quantitative estimate of drug-likeness (QED) is 0.865. The van der Waals surface area contributed by atoms with Crippen molar-refractivity contribution in [3.8, 4) is 0 Å². The summed E-state index contributed by atoms with van der Waals surface area (Å²) in [6, 6.07) is 10.5. The van der Waals surface area contributed by atoms with Crippen molar-refractivity contribution in [2.45, 2.75) is 31.6 Å². The highest BCUT2D eigenvalue weighted by Gasteiger charge is 2.49. The molecule has 17 heavy (non-hydrogen) atoms. The molecular weight excluding hydrogens is 212 g/mol. The van der Waals surface area contributed by atoms with Crippen LogP contribution in [0, 0.1) is 17.8 Å². The Morgan fingerprint density at radius 3 is 2.59 bits per heavy atom. The summed E-state index contributed by atoms with van der Waals surface area (Å²) in [5.41, 5.74) is 1.40. The summed E-state index contributed by atoms with van der Waals surface area (Å²) in [4.78, 5) is 11.2. The maximum atomic E-state index is 11.2. The van der Waals surface area contributed by atoms with E-state index in [9.17, 15) is 9.90 Å². The molecule has 90 valence electrons. The van der Waals surface area contributed by atoms with Gasteiger partial charge in [-0.15, -0.1) is 0 Å². The van der Waals surface area contributed by atoms with Crippen LogP contribution in [0.5, 0.6) is 0 Å². The first-order valence-electron chi connectivity index (χ1n) is 6.55. The van der Waals surface area contributed by atoms with Gasteiger partial charge in [0, 0.05) is 0 Å². The molecule has 2 aliphatic rings. The monoisotopic (exact) mass is 230 g/mol. The summed E-state index contributed by atoms with van der Waals surface area (Å²) < 4.78 is 0. The summed E-state index contributed by atoms with van der Waals surface area (Å²) in [6.07, 6.45) is 4.29. The molecule has 2 aliphatic carbocycles. The SMILES string of the molecule is O=C(O)C1CCCC1C1CC1c1ccccc1. The Balaban J connectivity index is 1.70. The van der Waals surface area contributed by atoms with Crippen molar-refractivity contribution in [2.75, 3.05) is 0 Å². The molecule has 4 atom stereocenters. The summed E-state index contributed by atoms with van der Waals surface area (Å²) in [6.45, 7) is 0. The molecule has 2 fully saturated rings. The molecule has 3 rings (SSSR count). The van der Waals surface area contributed by atoms with Gasteiger partial charge in [0.1, 0.15) is 0 Å². The summed E-state index contributed by atoms with van der Waals surface area (Å²) in [7, 11) is 0. The van der Waals surface area contributed by atoms with Crippen LogP contribution < -0.4 is 0 Å². The minimum atomic E-state index is -0.578. The molecular formula is C15H18O2. The number of hydrogen-bond acceptors (Lipinski definition) is 1. The molecule has 2 nitrogen and oxygen atoms in total. The second-order valence-corrected chi connectivity index (χ2v) is 5.46. The van der Waals surface area contributed by atoms with Crippen LogP contribution in [0.3, 0.4) is 0 Å². The Bertz CT molecular complexity index is 412. The topological polar surface area (TPSA) is 37.3 Å². The normalized spacial score (nSPS) is 35.8. The zero-order valence-electron chi connectivity index (χ0n) is 9.88. The van der Waals surface area contributed by atoms with E-state index in [0.29, 0.717) is 17.8 Å². The summed E-state index contributed by atoms with van der Waals surface area (Å²) in [5.74, 6) is 1.03. The molecule has 0 amide bonds. The lowest BCUT2D eigenvalue weighted by Crippen LogP contribution is -2.20. The maximum Gasteiger partial charge on any atom is 0.306 e. The van der Waals surface area contributed by atoms with Gasteiger partial charge in [-0.05, 0) is 42.6 Å². The van der Waals surface area contributed by atoms with Crippen molar-refractivity contribution in [1.82, 2.24) is 0 Å². The van der Waals surface area contributed by atoms with E-state index in [2.05, 4.69) is 24.3 Å². The summed E-state index contributed by atoms with van der Waals surface area (Å²) in [5, 5.41) is 9.22. The Morgan fingerprint density at radius 2 is 1.88 bits per heavy atom. The van der Waals surface area contributed by atoms with E-state index in [1.54, 1.807) is 0 Å². The van der Waals surface area contributed by atoms with Crippen molar-refractivity contribution in [3.63, 3.8) is 0 Å². The fourth-order valence-corrected chi connectivity index (χ4v) is 3.58. The molecule has 0 aromatic heterocycles. The number of carbonyl (C=O) groups is 1. The highest BCUT2D eigenvalue weighted by Crippen LogP contribution is 2.57. The highest BCUT2D eigenvalue weighted by atomic mass is 16.4.